The molecule has 0 aliphatic rings. The van der Waals surface area contributed by atoms with Crippen molar-refractivity contribution in [3.63, 3.8) is 0 Å². The van der Waals surface area contributed by atoms with E-state index in [9.17, 15) is 14.4 Å². The molecule has 7 nitrogen and oxygen atoms in total. The molecule has 0 bridgehead atoms. The Bertz CT molecular complexity index is 1360. The zero-order valence-electron chi connectivity index (χ0n) is 19.1. The number of likely N-dealkylation sites (N-methyl/N-ethyl adjacent to an activating group) is 1. The second-order valence-corrected chi connectivity index (χ2v) is 7.98. The van der Waals surface area contributed by atoms with Crippen LogP contribution < -0.4 is 16.2 Å². The third-order valence-corrected chi connectivity index (χ3v) is 5.64. The van der Waals surface area contributed by atoms with Gasteiger partial charge in [0.15, 0.2) is 5.78 Å². The third kappa shape index (κ3) is 4.89. The van der Waals surface area contributed by atoms with Gasteiger partial charge in [-0.15, -0.1) is 0 Å². The number of carbonyl (C=O) groups is 2. The molecule has 4 aromatic rings. The second kappa shape index (κ2) is 10.1. The van der Waals surface area contributed by atoms with Crippen LogP contribution in [-0.2, 0) is 11.3 Å². The molecule has 7 heteroatoms. The Morgan fingerprint density at radius 3 is 2.21 bits per heavy atom. The van der Waals surface area contributed by atoms with Crippen LogP contribution in [0.15, 0.2) is 95.9 Å². The first-order valence-electron chi connectivity index (χ1n) is 11.0. The van der Waals surface area contributed by atoms with E-state index < -0.39 is 6.04 Å². The first-order valence-corrected chi connectivity index (χ1v) is 11.0. The summed E-state index contributed by atoms with van der Waals surface area (Å²) in [6.45, 7) is 1.94. The number of aromatic nitrogens is 2. The second-order valence-electron chi connectivity index (χ2n) is 7.98. The highest BCUT2D eigenvalue weighted by Gasteiger charge is 2.18. The van der Waals surface area contributed by atoms with Crippen molar-refractivity contribution >= 4 is 17.4 Å². The maximum absolute atomic E-state index is 13.3. The van der Waals surface area contributed by atoms with Gasteiger partial charge in [-0.3, -0.25) is 19.1 Å². The predicted octanol–water partition coefficient (Wildman–Crippen LogP) is 3.46. The van der Waals surface area contributed by atoms with Gasteiger partial charge in [0.25, 0.3) is 5.56 Å². The number of nitrogens with zero attached hydrogens (tertiary/aromatic N) is 2. The molecule has 0 spiro atoms. The molecule has 0 aliphatic carbocycles. The number of amides is 1. The lowest BCUT2D eigenvalue weighted by Crippen LogP contribution is -2.36. The molecule has 0 saturated carbocycles. The van der Waals surface area contributed by atoms with Crippen LogP contribution in [0.4, 0.5) is 5.69 Å². The van der Waals surface area contributed by atoms with E-state index in [0.29, 0.717) is 11.1 Å². The zero-order chi connectivity index (χ0) is 24.1. The molecule has 2 N–H and O–H groups in total. The number of hydrogen-bond donors (Lipinski definition) is 2. The van der Waals surface area contributed by atoms with Crippen LogP contribution in [0.2, 0.25) is 0 Å². The molecule has 172 valence electrons. The minimum Gasteiger partial charge on any atom is -0.319 e. The molecule has 0 fully saturated rings. The Morgan fingerprint density at radius 2 is 1.53 bits per heavy atom. The number of carbonyl (C=O) groups excluding carboxylic acids is 2. The lowest BCUT2D eigenvalue weighted by Gasteiger charge is -2.12. The van der Waals surface area contributed by atoms with E-state index in [1.807, 2.05) is 60.7 Å². The molecule has 3 aromatic carbocycles. The fourth-order valence-electron chi connectivity index (χ4n) is 3.62. The van der Waals surface area contributed by atoms with Crippen LogP contribution in [0.1, 0.15) is 28.4 Å². The summed E-state index contributed by atoms with van der Waals surface area (Å²) in [4.78, 5) is 38.6. The summed E-state index contributed by atoms with van der Waals surface area (Å²) in [5.41, 5.74) is 2.57. The van der Waals surface area contributed by atoms with Crippen molar-refractivity contribution in [3.05, 3.63) is 118 Å². The molecule has 34 heavy (non-hydrogen) atoms. The molecule has 1 amide bonds. The molecule has 0 aliphatic heterocycles. The Morgan fingerprint density at radius 1 is 0.882 bits per heavy atom. The Kier molecular flexibility index (Phi) is 6.85. The molecule has 0 saturated heterocycles. The van der Waals surface area contributed by atoms with E-state index in [1.165, 1.54) is 0 Å². The molecular formula is C27H26N4O3. The van der Waals surface area contributed by atoms with Crippen molar-refractivity contribution in [2.24, 2.45) is 0 Å². The maximum atomic E-state index is 13.3. The molecule has 4 rings (SSSR count). The molecule has 0 radical (unpaired) electrons. The molecular weight excluding hydrogens is 428 g/mol. The average molecular weight is 455 g/mol. The van der Waals surface area contributed by atoms with Crippen molar-refractivity contribution < 1.29 is 9.59 Å². The number of hydrogen-bond acceptors (Lipinski definition) is 4. The number of ketones is 1. The van der Waals surface area contributed by atoms with E-state index in [0.717, 1.165) is 11.3 Å². The topological polar surface area (TPSA) is 85.1 Å². The van der Waals surface area contributed by atoms with Crippen LogP contribution in [0.25, 0.3) is 5.69 Å². The molecule has 1 atom stereocenters. The lowest BCUT2D eigenvalue weighted by atomic mass is 10.0. The number of nitrogens with one attached hydrogen (secondary N) is 2. The van der Waals surface area contributed by atoms with Gasteiger partial charge in [-0.25, -0.2) is 4.68 Å². The van der Waals surface area contributed by atoms with Crippen molar-refractivity contribution in [2.75, 3.05) is 12.4 Å². The van der Waals surface area contributed by atoms with E-state index in [4.69, 9.17) is 0 Å². The van der Waals surface area contributed by atoms with E-state index in [1.54, 1.807) is 53.8 Å². The lowest BCUT2D eigenvalue weighted by molar-refractivity contribution is -0.117. The smallest absolute Gasteiger partial charge is 0.291 e. The summed E-state index contributed by atoms with van der Waals surface area (Å²) < 4.78 is 3.26. The quantitative estimate of drug-likeness (QED) is 0.399. The fourth-order valence-corrected chi connectivity index (χ4v) is 3.62. The number of rotatable bonds is 8. The van der Waals surface area contributed by atoms with Gasteiger partial charge < -0.3 is 10.6 Å². The van der Waals surface area contributed by atoms with Crippen molar-refractivity contribution in [1.82, 2.24) is 14.7 Å². The van der Waals surface area contributed by atoms with E-state index in [-0.39, 0.29) is 29.5 Å². The molecule has 1 unspecified atom stereocenters. The fraction of sp³-hybridized carbons (Fsp3) is 0.148. The van der Waals surface area contributed by atoms with Crippen molar-refractivity contribution in [3.8, 4) is 5.69 Å². The number of para-hydroxylation sites is 1. The largest absolute Gasteiger partial charge is 0.319 e. The molecule has 1 heterocycles. The molecule has 1 aromatic heterocycles. The standard InChI is InChI=1S/C27H26N4O3/c1-19(28-2)26(33)29-24-18-30(23-14-7-4-8-15-23)31(27(24)34)17-20-10-9-13-22(16-20)25(32)21-11-5-3-6-12-21/h3-16,18-19,28H,17H2,1-2H3,(H,29,33). The van der Waals surface area contributed by atoms with Crippen LogP contribution in [0.3, 0.4) is 0 Å². The first kappa shape index (κ1) is 22.9. The van der Waals surface area contributed by atoms with Crippen LogP contribution in [0, 0.1) is 0 Å². The number of benzene rings is 3. The summed E-state index contributed by atoms with van der Waals surface area (Å²) in [6, 6.07) is 25.3. The van der Waals surface area contributed by atoms with Crippen LogP contribution >= 0.6 is 0 Å². The first-order chi connectivity index (χ1) is 16.5. The monoisotopic (exact) mass is 454 g/mol. The minimum absolute atomic E-state index is 0.0813. The third-order valence-electron chi connectivity index (χ3n) is 5.64. The summed E-state index contributed by atoms with van der Waals surface area (Å²) >= 11 is 0. The van der Waals surface area contributed by atoms with Gasteiger partial charge in [0.05, 0.1) is 24.5 Å². The summed E-state index contributed by atoms with van der Waals surface area (Å²) in [5, 5.41) is 5.59. The highest BCUT2D eigenvalue weighted by atomic mass is 16.2. The van der Waals surface area contributed by atoms with Gasteiger partial charge in [-0.1, -0.05) is 66.7 Å². The van der Waals surface area contributed by atoms with Gasteiger partial charge in [-0.2, -0.15) is 0 Å². The van der Waals surface area contributed by atoms with E-state index >= 15 is 0 Å². The summed E-state index contributed by atoms with van der Waals surface area (Å²) in [6.07, 6.45) is 1.62. The Hall–Kier alpha value is -4.23. The zero-order valence-corrected chi connectivity index (χ0v) is 19.1. The van der Waals surface area contributed by atoms with Gasteiger partial charge in [0.2, 0.25) is 5.91 Å². The maximum Gasteiger partial charge on any atom is 0.291 e. The minimum atomic E-state index is -0.450. The predicted molar refractivity (Wildman–Crippen MR) is 133 cm³/mol. The van der Waals surface area contributed by atoms with Gasteiger partial charge in [0, 0.05) is 11.1 Å². The van der Waals surface area contributed by atoms with E-state index in [2.05, 4.69) is 10.6 Å². The normalized spacial score (nSPS) is 11.7. The average Bonchev–Trinajstić information content (AvgIpc) is 3.18. The summed E-state index contributed by atoms with van der Waals surface area (Å²) in [7, 11) is 1.68. The SMILES string of the molecule is CNC(C)C(=O)Nc1cn(-c2ccccc2)n(Cc2cccc(C(=O)c3ccccc3)c2)c1=O. The highest BCUT2D eigenvalue weighted by molar-refractivity contribution is 6.09. The van der Waals surface area contributed by atoms with Gasteiger partial charge in [0.1, 0.15) is 5.69 Å². The number of anilines is 1. The van der Waals surface area contributed by atoms with Crippen LogP contribution in [0.5, 0.6) is 0 Å². The van der Waals surface area contributed by atoms with Gasteiger partial charge >= 0.3 is 0 Å². The van der Waals surface area contributed by atoms with Crippen molar-refractivity contribution in [2.45, 2.75) is 19.5 Å². The highest BCUT2D eigenvalue weighted by Crippen LogP contribution is 2.16. The van der Waals surface area contributed by atoms with Crippen molar-refractivity contribution in [1.29, 1.82) is 0 Å². The Labute approximate surface area is 197 Å². The summed E-state index contributed by atoms with van der Waals surface area (Å²) in [5.74, 6) is -0.380. The van der Waals surface area contributed by atoms with Crippen LogP contribution in [-0.4, -0.2) is 34.1 Å². The van der Waals surface area contributed by atoms with Gasteiger partial charge in [-0.05, 0) is 37.7 Å². The Balaban J connectivity index is 1.71.